The Balaban J connectivity index is 1.90. The molecule has 0 spiro atoms. The van der Waals surface area contributed by atoms with E-state index in [1.54, 1.807) is 6.07 Å². The molecule has 1 aliphatic rings. The highest BCUT2D eigenvalue weighted by molar-refractivity contribution is 5.89. The lowest BCUT2D eigenvalue weighted by molar-refractivity contribution is 0.248. The lowest BCUT2D eigenvalue weighted by atomic mass is 10.2. The van der Waals surface area contributed by atoms with Gasteiger partial charge in [0.2, 0.25) is 0 Å². The third-order valence-electron chi connectivity index (χ3n) is 3.22. The highest BCUT2D eigenvalue weighted by Crippen LogP contribution is 2.19. The molecule has 2 amide bonds. The molecule has 1 aromatic carbocycles. The molecule has 4 nitrogen and oxygen atoms in total. The second-order valence-electron chi connectivity index (χ2n) is 4.65. The highest BCUT2D eigenvalue weighted by atomic mass is 16.2. The first-order chi connectivity index (χ1) is 8.15. The molecule has 1 aromatic rings. The molecule has 2 rings (SSSR count). The molecule has 92 valence electrons. The summed E-state index contributed by atoms with van der Waals surface area (Å²) in [5, 5.41) is 5.81. The number of rotatable bonds is 2. The van der Waals surface area contributed by atoms with Crippen molar-refractivity contribution in [3.8, 4) is 0 Å². The summed E-state index contributed by atoms with van der Waals surface area (Å²) in [5.74, 6) is 0. The zero-order valence-electron chi connectivity index (χ0n) is 10.1. The van der Waals surface area contributed by atoms with Crippen molar-refractivity contribution < 1.29 is 4.79 Å². The molecule has 0 aliphatic heterocycles. The second-order valence-corrected chi connectivity index (χ2v) is 4.65. The van der Waals surface area contributed by atoms with Crippen LogP contribution in [0.2, 0.25) is 0 Å². The number of anilines is 2. The summed E-state index contributed by atoms with van der Waals surface area (Å²) in [6.07, 6.45) is 4.61. The van der Waals surface area contributed by atoms with E-state index >= 15 is 0 Å². The minimum atomic E-state index is -0.124. The van der Waals surface area contributed by atoms with Crippen LogP contribution in [0.4, 0.5) is 16.2 Å². The van der Waals surface area contributed by atoms with Gasteiger partial charge in [0.25, 0.3) is 0 Å². The van der Waals surface area contributed by atoms with Crippen LogP contribution in [-0.2, 0) is 0 Å². The van der Waals surface area contributed by atoms with Crippen LogP contribution in [0.25, 0.3) is 0 Å². The molecule has 0 radical (unpaired) electrons. The number of urea groups is 1. The molecular weight excluding hydrogens is 214 g/mol. The fraction of sp³-hybridized carbons (Fsp3) is 0.462. The predicted molar refractivity (Wildman–Crippen MR) is 70.0 cm³/mol. The van der Waals surface area contributed by atoms with Gasteiger partial charge in [-0.05, 0) is 43.5 Å². The van der Waals surface area contributed by atoms with Crippen molar-refractivity contribution in [1.29, 1.82) is 0 Å². The van der Waals surface area contributed by atoms with Crippen LogP contribution in [-0.4, -0.2) is 12.1 Å². The van der Waals surface area contributed by atoms with E-state index in [4.69, 9.17) is 5.73 Å². The summed E-state index contributed by atoms with van der Waals surface area (Å²) in [6, 6.07) is 5.71. The molecular formula is C13H19N3O. The number of aryl methyl sites for hydroxylation is 1. The lowest BCUT2D eigenvalue weighted by Crippen LogP contribution is -2.36. The number of carbonyl (C=O) groups is 1. The Morgan fingerprint density at radius 2 is 2.06 bits per heavy atom. The smallest absolute Gasteiger partial charge is 0.319 e. The zero-order valence-corrected chi connectivity index (χ0v) is 10.1. The van der Waals surface area contributed by atoms with Crippen LogP contribution in [0, 0.1) is 6.92 Å². The van der Waals surface area contributed by atoms with Crippen molar-refractivity contribution in [2.24, 2.45) is 0 Å². The Kier molecular flexibility index (Phi) is 3.52. The van der Waals surface area contributed by atoms with E-state index in [0.29, 0.717) is 6.04 Å². The molecule has 1 fully saturated rings. The quantitative estimate of drug-likeness (QED) is 0.687. The summed E-state index contributed by atoms with van der Waals surface area (Å²) in [5.41, 5.74) is 8.23. The Labute approximate surface area is 102 Å². The summed E-state index contributed by atoms with van der Waals surface area (Å²) in [4.78, 5) is 11.7. The molecule has 1 aliphatic carbocycles. The predicted octanol–water partition coefficient (Wildman–Crippen LogP) is 2.64. The number of hydrogen-bond acceptors (Lipinski definition) is 2. The molecule has 17 heavy (non-hydrogen) atoms. The van der Waals surface area contributed by atoms with Crippen molar-refractivity contribution in [2.75, 3.05) is 11.1 Å². The molecule has 0 atom stereocenters. The van der Waals surface area contributed by atoms with E-state index in [1.165, 1.54) is 12.8 Å². The van der Waals surface area contributed by atoms with Crippen molar-refractivity contribution in [3.63, 3.8) is 0 Å². The first-order valence-corrected chi connectivity index (χ1v) is 6.09. The molecule has 0 bridgehead atoms. The number of amides is 2. The number of nitrogen functional groups attached to an aromatic ring is 1. The SMILES string of the molecule is Cc1cc(NC(=O)NC2CCCC2)ccc1N. The number of hydrogen-bond donors (Lipinski definition) is 3. The van der Waals surface area contributed by atoms with Crippen molar-refractivity contribution in [2.45, 2.75) is 38.6 Å². The van der Waals surface area contributed by atoms with E-state index < -0.39 is 0 Å². The van der Waals surface area contributed by atoms with Crippen LogP contribution in [0.5, 0.6) is 0 Å². The second kappa shape index (κ2) is 5.08. The highest BCUT2D eigenvalue weighted by Gasteiger charge is 2.16. The fourth-order valence-corrected chi connectivity index (χ4v) is 2.18. The number of nitrogens with one attached hydrogen (secondary N) is 2. The molecule has 0 unspecified atom stereocenters. The zero-order chi connectivity index (χ0) is 12.3. The number of benzene rings is 1. The molecule has 1 saturated carbocycles. The summed E-state index contributed by atoms with van der Waals surface area (Å²) < 4.78 is 0. The Morgan fingerprint density at radius 1 is 1.35 bits per heavy atom. The van der Waals surface area contributed by atoms with Gasteiger partial charge in [-0.1, -0.05) is 12.8 Å². The maximum Gasteiger partial charge on any atom is 0.319 e. The maximum atomic E-state index is 11.7. The van der Waals surface area contributed by atoms with Gasteiger partial charge in [-0.15, -0.1) is 0 Å². The van der Waals surface area contributed by atoms with E-state index in [2.05, 4.69) is 10.6 Å². The minimum Gasteiger partial charge on any atom is -0.399 e. The first-order valence-electron chi connectivity index (χ1n) is 6.09. The average Bonchev–Trinajstić information content (AvgIpc) is 2.76. The molecule has 4 heteroatoms. The monoisotopic (exact) mass is 233 g/mol. The van der Waals surface area contributed by atoms with Crippen molar-refractivity contribution in [3.05, 3.63) is 23.8 Å². The largest absolute Gasteiger partial charge is 0.399 e. The van der Waals surface area contributed by atoms with Gasteiger partial charge in [0.15, 0.2) is 0 Å². The van der Waals surface area contributed by atoms with Crippen LogP contribution in [0.3, 0.4) is 0 Å². The van der Waals surface area contributed by atoms with Gasteiger partial charge in [-0.3, -0.25) is 0 Å². The van der Waals surface area contributed by atoms with Gasteiger partial charge in [0.1, 0.15) is 0 Å². The van der Waals surface area contributed by atoms with E-state index in [-0.39, 0.29) is 6.03 Å². The average molecular weight is 233 g/mol. The molecule has 4 N–H and O–H groups in total. The Hall–Kier alpha value is -1.71. The third-order valence-corrected chi connectivity index (χ3v) is 3.22. The number of carbonyl (C=O) groups excluding carboxylic acids is 1. The summed E-state index contributed by atoms with van der Waals surface area (Å²) in [6.45, 7) is 1.93. The van der Waals surface area contributed by atoms with Gasteiger partial charge in [-0.25, -0.2) is 4.79 Å². The van der Waals surface area contributed by atoms with Gasteiger partial charge in [0, 0.05) is 17.4 Å². The van der Waals surface area contributed by atoms with Gasteiger partial charge in [0.05, 0.1) is 0 Å². The van der Waals surface area contributed by atoms with E-state index in [1.807, 2.05) is 19.1 Å². The van der Waals surface area contributed by atoms with Gasteiger partial charge in [-0.2, -0.15) is 0 Å². The van der Waals surface area contributed by atoms with Gasteiger partial charge >= 0.3 is 6.03 Å². The standard InChI is InChI=1S/C13H19N3O/c1-9-8-11(6-7-12(9)14)16-13(17)15-10-4-2-3-5-10/h6-8,10H,2-5,14H2,1H3,(H2,15,16,17). The third kappa shape index (κ3) is 3.12. The fourth-order valence-electron chi connectivity index (χ4n) is 2.18. The molecule has 0 saturated heterocycles. The van der Waals surface area contributed by atoms with Crippen LogP contribution >= 0.6 is 0 Å². The number of nitrogens with two attached hydrogens (primary N) is 1. The summed E-state index contributed by atoms with van der Waals surface area (Å²) >= 11 is 0. The summed E-state index contributed by atoms with van der Waals surface area (Å²) in [7, 11) is 0. The van der Waals surface area contributed by atoms with E-state index in [0.717, 1.165) is 29.8 Å². The minimum absolute atomic E-state index is 0.124. The van der Waals surface area contributed by atoms with Crippen LogP contribution in [0.1, 0.15) is 31.2 Å². The molecule has 0 aromatic heterocycles. The van der Waals surface area contributed by atoms with Crippen molar-refractivity contribution >= 4 is 17.4 Å². The Morgan fingerprint density at radius 3 is 2.71 bits per heavy atom. The first kappa shape index (κ1) is 11.8. The maximum absolute atomic E-state index is 11.7. The van der Waals surface area contributed by atoms with Gasteiger partial charge < -0.3 is 16.4 Å². The van der Waals surface area contributed by atoms with Crippen LogP contribution in [0.15, 0.2) is 18.2 Å². The normalized spacial score (nSPS) is 15.8. The lowest BCUT2D eigenvalue weighted by Gasteiger charge is -2.13. The molecule has 0 heterocycles. The van der Waals surface area contributed by atoms with E-state index in [9.17, 15) is 4.79 Å². The van der Waals surface area contributed by atoms with Crippen molar-refractivity contribution in [1.82, 2.24) is 5.32 Å². The van der Waals surface area contributed by atoms with Crippen LogP contribution < -0.4 is 16.4 Å². The Bertz CT molecular complexity index is 411. The topological polar surface area (TPSA) is 67.2 Å².